The smallest absolute Gasteiger partial charge is 0.139 e. The Hall–Kier alpha value is -0.370. The van der Waals surface area contributed by atoms with Gasteiger partial charge in [-0.3, -0.25) is 4.79 Å². The van der Waals surface area contributed by atoms with E-state index in [1.807, 2.05) is 0 Å². The van der Waals surface area contributed by atoms with E-state index in [0.29, 0.717) is 5.92 Å². The summed E-state index contributed by atoms with van der Waals surface area (Å²) >= 11 is 0. The number of rotatable bonds is 1. The lowest BCUT2D eigenvalue weighted by molar-refractivity contribution is -0.137. The number of aliphatic hydroxyl groups is 1. The SMILES string of the molecule is CC(=O)C12CC[C@H](C[C@H]1O)C2(C)C. The minimum atomic E-state index is -0.419. The van der Waals surface area contributed by atoms with Crippen LogP contribution in [0.5, 0.6) is 0 Å². The molecule has 2 aliphatic carbocycles. The van der Waals surface area contributed by atoms with Gasteiger partial charge in [0.15, 0.2) is 0 Å². The third-order valence-corrected chi connectivity index (χ3v) is 4.76. The van der Waals surface area contributed by atoms with Crippen molar-refractivity contribution in [1.82, 2.24) is 0 Å². The molecule has 13 heavy (non-hydrogen) atoms. The highest BCUT2D eigenvalue weighted by Crippen LogP contribution is 2.65. The van der Waals surface area contributed by atoms with Crippen LogP contribution < -0.4 is 0 Å². The average Bonchev–Trinajstić information content (AvgIpc) is 2.35. The summed E-state index contributed by atoms with van der Waals surface area (Å²) in [4.78, 5) is 11.7. The standard InChI is InChI=1S/C11H18O2/c1-7(12)11-5-4-8(6-9(11)13)10(11,2)3/h8-9,13H,4-6H2,1-3H3/t8-,9-,11?/m1/s1. The van der Waals surface area contributed by atoms with Crippen LogP contribution in [0.3, 0.4) is 0 Å². The summed E-state index contributed by atoms with van der Waals surface area (Å²) in [6, 6.07) is 0. The quantitative estimate of drug-likeness (QED) is 0.671. The summed E-state index contributed by atoms with van der Waals surface area (Å²) in [5.74, 6) is 0.733. The zero-order chi connectivity index (χ0) is 9.85. The lowest BCUT2D eigenvalue weighted by atomic mass is 9.66. The highest BCUT2D eigenvalue weighted by molar-refractivity contribution is 5.85. The van der Waals surface area contributed by atoms with E-state index in [4.69, 9.17) is 0 Å². The zero-order valence-corrected chi connectivity index (χ0v) is 8.63. The Morgan fingerprint density at radius 2 is 2.08 bits per heavy atom. The molecular formula is C11H18O2. The van der Waals surface area contributed by atoms with Crippen LogP contribution >= 0.6 is 0 Å². The predicted octanol–water partition coefficient (Wildman–Crippen LogP) is 1.76. The Bertz CT molecular complexity index is 257. The van der Waals surface area contributed by atoms with E-state index in [1.165, 1.54) is 0 Å². The summed E-state index contributed by atoms with van der Waals surface area (Å²) in [5, 5.41) is 9.96. The fourth-order valence-corrected chi connectivity index (χ4v) is 3.79. The van der Waals surface area contributed by atoms with E-state index in [9.17, 15) is 9.90 Å². The molecule has 0 aromatic heterocycles. The molecule has 2 saturated carbocycles. The molecule has 0 radical (unpaired) electrons. The molecule has 3 atom stereocenters. The highest BCUT2D eigenvalue weighted by atomic mass is 16.3. The second kappa shape index (κ2) is 2.35. The molecule has 74 valence electrons. The first-order chi connectivity index (χ1) is 5.93. The molecule has 0 saturated heterocycles. The van der Waals surface area contributed by atoms with E-state index >= 15 is 0 Å². The Labute approximate surface area is 79.3 Å². The van der Waals surface area contributed by atoms with Crippen molar-refractivity contribution in [3.63, 3.8) is 0 Å². The maximum atomic E-state index is 11.7. The molecule has 0 spiro atoms. The van der Waals surface area contributed by atoms with Gasteiger partial charge in [0.25, 0.3) is 0 Å². The third-order valence-electron chi connectivity index (χ3n) is 4.76. The molecule has 2 rings (SSSR count). The first kappa shape index (κ1) is 9.20. The number of fused-ring (bicyclic) bond motifs is 2. The van der Waals surface area contributed by atoms with Gasteiger partial charge in [-0.1, -0.05) is 13.8 Å². The van der Waals surface area contributed by atoms with Gasteiger partial charge in [0.1, 0.15) is 5.78 Å². The number of hydrogen-bond acceptors (Lipinski definition) is 2. The van der Waals surface area contributed by atoms with Gasteiger partial charge >= 0.3 is 0 Å². The first-order valence-electron chi connectivity index (χ1n) is 5.12. The van der Waals surface area contributed by atoms with E-state index in [0.717, 1.165) is 19.3 Å². The summed E-state index contributed by atoms with van der Waals surface area (Å²) in [7, 11) is 0. The van der Waals surface area contributed by atoms with Crippen LogP contribution in [0.25, 0.3) is 0 Å². The zero-order valence-electron chi connectivity index (χ0n) is 8.63. The molecule has 0 heterocycles. The summed E-state index contributed by atoms with van der Waals surface area (Å²) in [6.45, 7) is 5.92. The molecule has 2 fully saturated rings. The Morgan fingerprint density at radius 3 is 2.31 bits per heavy atom. The van der Waals surface area contributed by atoms with Crippen molar-refractivity contribution in [2.75, 3.05) is 0 Å². The van der Waals surface area contributed by atoms with Crippen LogP contribution in [-0.4, -0.2) is 17.0 Å². The van der Waals surface area contributed by atoms with Crippen LogP contribution in [0.15, 0.2) is 0 Å². The number of carbonyl (C=O) groups is 1. The van der Waals surface area contributed by atoms with Gasteiger partial charge in [-0.05, 0) is 37.5 Å². The maximum absolute atomic E-state index is 11.7. The number of hydrogen-bond donors (Lipinski definition) is 1. The number of carbonyl (C=O) groups excluding carboxylic acids is 1. The van der Waals surface area contributed by atoms with Crippen molar-refractivity contribution in [3.05, 3.63) is 0 Å². The molecule has 2 aliphatic rings. The molecule has 0 aliphatic heterocycles. The van der Waals surface area contributed by atoms with Gasteiger partial charge in [0.2, 0.25) is 0 Å². The fraction of sp³-hybridized carbons (Fsp3) is 0.909. The van der Waals surface area contributed by atoms with Gasteiger partial charge in [0.05, 0.1) is 11.5 Å². The molecular weight excluding hydrogens is 164 g/mol. The topological polar surface area (TPSA) is 37.3 Å². The van der Waals surface area contributed by atoms with Gasteiger partial charge in [-0.25, -0.2) is 0 Å². The van der Waals surface area contributed by atoms with Crippen molar-refractivity contribution in [3.8, 4) is 0 Å². The van der Waals surface area contributed by atoms with E-state index in [1.54, 1.807) is 6.92 Å². The van der Waals surface area contributed by atoms with Gasteiger partial charge in [-0.15, -0.1) is 0 Å². The van der Waals surface area contributed by atoms with E-state index in [2.05, 4.69) is 13.8 Å². The third kappa shape index (κ3) is 0.804. The molecule has 1 N–H and O–H groups in total. The number of Topliss-reactive ketones (excluding diaryl/α,β-unsaturated/α-hetero) is 1. The van der Waals surface area contributed by atoms with Crippen molar-refractivity contribution in [1.29, 1.82) is 0 Å². The first-order valence-corrected chi connectivity index (χ1v) is 5.12. The molecule has 0 aromatic rings. The van der Waals surface area contributed by atoms with Crippen LogP contribution in [-0.2, 0) is 4.79 Å². The minimum Gasteiger partial charge on any atom is -0.392 e. The maximum Gasteiger partial charge on any atom is 0.139 e. The molecule has 1 unspecified atom stereocenters. The second-order valence-corrected chi connectivity index (χ2v) is 5.24. The average molecular weight is 182 g/mol. The van der Waals surface area contributed by atoms with Crippen molar-refractivity contribution in [2.24, 2.45) is 16.7 Å². The number of aliphatic hydroxyl groups excluding tert-OH is 1. The van der Waals surface area contributed by atoms with Crippen molar-refractivity contribution < 1.29 is 9.90 Å². The van der Waals surface area contributed by atoms with E-state index in [-0.39, 0.29) is 11.2 Å². The monoisotopic (exact) mass is 182 g/mol. The lowest BCUT2D eigenvalue weighted by Gasteiger charge is -2.37. The fourth-order valence-electron chi connectivity index (χ4n) is 3.79. The van der Waals surface area contributed by atoms with Gasteiger partial charge in [0, 0.05) is 0 Å². The van der Waals surface area contributed by atoms with Crippen LogP contribution in [0, 0.1) is 16.7 Å². The second-order valence-electron chi connectivity index (χ2n) is 5.24. The van der Waals surface area contributed by atoms with Crippen LogP contribution in [0.4, 0.5) is 0 Å². The molecule has 0 amide bonds. The van der Waals surface area contributed by atoms with Crippen molar-refractivity contribution >= 4 is 5.78 Å². The summed E-state index contributed by atoms with van der Waals surface area (Å²) in [5.41, 5.74) is -0.407. The minimum absolute atomic E-state index is 0.0122. The predicted molar refractivity (Wildman–Crippen MR) is 50.2 cm³/mol. The molecule has 2 heteroatoms. The van der Waals surface area contributed by atoms with Crippen molar-refractivity contribution in [2.45, 2.75) is 46.1 Å². The van der Waals surface area contributed by atoms with Crippen LogP contribution in [0.1, 0.15) is 40.0 Å². The molecule has 2 bridgehead atoms. The normalized spacial score (nSPS) is 46.8. The lowest BCUT2D eigenvalue weighted by Crippen LogP contribution is -2.44. The van der Waals surface area contributed by atoms with Crippen LogP contribution in [0.2, 0.25) is 0 Å². The largest absolute Gasteiger partial charge is 0.392 e. The summed E-state index contributed by atoms with van der Waals surface area (Å²) in [6.07, 6.45) is 2.44. The molecule has 0 aromatic carbocycles. The Balaban J connectivity index is 2.49. The van der Waals surface area contributed by atoms with Gasteiger partial charge < -0.3 is 5.11 Å². The molecule has 2 nitrogen and oxygen atoms in total. The van der Waals surface area contributed by atoms with E-state index < -0.39 is 11.5 Å². The Kier molecular flexibility index (Phi) is 1.66. The summed E-state index contributed by atoms with van der Waals surface area (Å²) < 4.78 is 0. The Morgan fingerprint density at radius 1 is 1.46 bits per heavy atom. The highest BCUT2D eigenvalue weighted by Gasteiger charge is 2.66. The number of ketones is 1. The van der Waals surface area contributed by atoms with Gasteiger partial charge in [-0.2, -0.15) is 0 Å².